The zero-order valence-electron chi connectivity index (χ0n) is 20.3. The number of carbonyl (C=O) groups excluding carboxylic acids is 1. The van der Waals surface area contributed by atoms with E-state index < -0.39 is 45.1 Å². The van der Waals surface area contributed by atoms with Gasteiger partial charge in [0.15, 0.2) is 5.41 Å². The van der Waals surface area contributed by atoms with E-state index in [0.717, 1.165) is 22.5 Å². The van der Waals surface area contributed by atoms with Gasteiger partial charge in [0, 0.05) is 18.5 Å². The summed E-state index contributed by atoms with van der Waals surface area (Å²) < 4.78 is 63.3. The van der Waals surface area contributed by atoms with Crippen molar-refractivity contribution in [3.8, 4) is 16.9 Å². The Morgan fingerprint density at radius 2 is 1.95 bits per heavy atom. The van der Waals surface area contributed by atoms with Gasteiger partial charge in [-0.3, -0.25) is 13.9 Å². The minimum atomic E-state index is -4.20. The molecular formula is C27H24F2N2O6S. The molecular weight excluding hydrogens is 518 g/mol. The van der Waals surface area contributed by atoms with Crippen LogP contribution in [0.15, 0.2) is 65.6 Å². The molecule has 0 radical (unpaired) electrons. The lowest BCUT2D eigenvalue weighted by atomic mass is 9.80. The Kier molecular flexibility index (Phi) is 6.34. The second-order valence-electron chi connectivity index (χ2n) is 9.50. The van der Waals surface area contributed by atoms with E-state index in [9.17, 15) is 31.9 Å². The molecule has 0 spiro atoms. The fourth-order valence-corrected chi connectivity index (χ4v) is 6.59. The molecule has 1 fully saturated rings. The average Bonchev–Trinajstić information content (AvgIpc) is 3.25. The van der Waals surface area contributed by atoms with Crippen molar-refractivity contribution in [2.24, 2.45) is 5.41 Å². The number of hydrogen-bond acceptors (Lipinski definition) is 5. The average molecular weight is 543 g/mol. The highest BCUT2D eigenvalue weighted by atomic mass is 32.2. The summed E-state index contributed by atoms with van der Waals surface area (Å²) in [5, 5.41) is 12.4. The molecule has 11 heteroatoms. The zero-order chi connectivity index (χ0) is 27.2. The summed E-state index contributed by atoms with van der Waals surface area (Å²) in [6, 6.07) is 13.5. The summed E-state index contributed by atoms with van der Waals surface area (Å²) in [6.45, 7) is 1.64. The number of nitrogens with zero attached hydrogens (tertiary/aromatic N) is 1. The van der Waals surface area contributed by atoms with Gasteiger partial charge in [-0.1, -0.05) is 18.2 Å². The number of benzene rings is 3. The summed E-state index contributed by atoms with van der Waals surface area (Å²) in [7, 11) is -4.20. The highest BCUT2D eigenvalue weighted by Gasteiger charge is 2.52. The van der Waals surface area contributed by atoms with Crippen LogP contribution in [-0.2, 0) is 19.6 Å². The maximum atomic E-state index is 14.5. The molecule has 1 saturated heterocycles. The smallest absolute Gasteiger partial charge is 0.319 e. The summed E-state index contributed by atoms with van der Waals surface area (Å²) in [5.74, 6) is -3.20. The topological polar surface area (TPSA) is 113 Å². The largest absolute Gasteiger partial charge is 0.486 e. The van der Waals surface area contributed by atoms with Crippen molar-refractivity contribution in [2.45, 2.75) is 30.8 Å². The van der Waals surface area contributed by atoms with E-state index >= 15 is 0 Å². The minimum absolute atomic E-state index is 0.00186. The van der Waals surface area contributed by atoms with Gasteiger partial charge in [-0.25, -0.2) is 17.2 Å². The molecule has 38 heavy (non-hydrogen) atoms. The molecule has 0 bridgehead atoms. The Morgan fingerprint density at radius 1 is 1.16 bits per heavy atom. The van der Waals surface area contributed by atoms with Crippen LogP contribution in [0.1, 0.15) is 18.4 Å². The molecule has 2 aliphatic rings. The fraction of sp³-hybridized carbons (Fsp3) is 0.259. The first-order valence-electron chi connectivity index (χ1n) is 11.9. The molecule has 2 heterocycles. The number of hydrogen-bond donors (Lipinski definition) is 2. The van der Waals surface area contributed by atoms with Gasteiger partial charge in [-0.15, -0.1) is 0 Å². The number of aliphatic carboxylic acids is 1. The van der Waals surface area contributed by atoms with Crippen molar-refractivity contribution in [1.82, 2.24) is 5.32 Å². The predicted octanol–water partition coefficient (Wildman–Crippen LogP) is 3.88. The first-order chi connectivity index (χ1) is 18.0. The molecule has 0 unspecified atom stereocenters. The van der Waals surface area contributed by atoms with Gasteiger partial charge in [-0.2, -0.15) is 0 Å². The number of carboxylic acids is 1. The van der Waals surface area contributed by atoms with Crippen molar-refractivity contribution in [3.63, 3.8) is 0 Å². The normalized spacial score (nSPS) is 21.0. The molecule has 8 nitrogen and oxygen atoms in total. The maximum Gasteiger partial charge on any atom is 0.319 e. The maximum absolute atomic E-state index is 14.5. The minimum Gasteiger partial charge on any atom is -0.486 e. The Bertz CT molecular complexity index is 1560. The first-order valence-corrected chi connectivity index (χ1v) is 13.3. The van der Waals surface area contributed by atoms with Gasteiger partial charge in [-0.05, 0) is 66.9 Å². The number of nitrogens with one attached hydrogen (secondary N) is 1. The summed E-state index contributed by atoms with van der Waals surface area (Å²) >= 11 is 0. The second kappa shape index (κ2) is 9.39. The van der Waals surface area contributed by atoms with Crippen LogP contribution in [0, 0.1) is 24.0 Å². The first kappa shape index (κ1) is 25.7. The fourth-order valence-electron chi connectivity index (χ4n) is 4.98. The number of fused-ring (bicyclic) bond motifs is 1. The number of anilines is 1. The third-order valence-electron chi connectivity index (χ3n) is 6.97. The van der Waals surface area contributed by atoms with Crippen LogP contribution in [0.3, 0.4) is 0 Å². The number of halogens is 2. The quantitative estimate of drug-likeness (QED) is 0.457. The van der Waals surface area contributed by atoms with Gasteiger partial charge in [0.2, 0.25) is 5.91 Å². The number of carboxylic acid groups (broad SMARTS) is 1. The molecule has 2 atom stereocenters. The van der Waals surface area contributed by atoms with E-state index in [4.69, 9.17) is 4.74 Å². The third-order valence-corrected chi connectivity index (χ3v) is 8.74. The highest BCUT2D eigenvalue weighted by Crippen LogP contribution is 2.43. The molecule has 3 aromatic carbocycles. The number of aryl methyl sites for hydroxylation is 1. The summed E-state index contributed by atoms with van der Waals surface area (Å²) in [4.78, 5) is 24.6. The Hall–Kier alpha value is -3.99. The Balaban J connectivity index is 1.62. The standard InChI is InChI=1S/C27H24F2N2O6S/c1-16-3-2-4-20(11-16)38(35,36)31-15-19(14-27(26(33)34)9-10-30-25(27)32)37-24-8-5-17(12-23(24)31)21-13-18(28)6-7-22(21)29/h2-8,11-13,19H,9-10,14-15H2,1H3,(H,30,32)(H,33,34)/t19-,27-/m0/s1. The van der Waals surface area contributed by atoms with Gasteiger partial charge in [0.05, 0.1) is 17.1 Å². The third kappa shape index (κ3) is 4.36. The Morgan fingerprint density at radius 3 is 2.63 bits per heavy atom. The van der Waals surface area contributed by atoms with E-state index in [2.05, 4.69) is 5.32 Å². The molecule has 0 aromatic heterocycles. The lowest BCUT2D eigenvalue weighted by molar-refractivity contribution is -0.155. The van der Waals surface area contributed by atoms with Crippen molar-refractivity contribution < 1.29 is 36.6 Å². The van der Waals surface area contributed by atoms with Crippen LogP contribution in [0.5, 0.6) is 5.75 Å². The monoisotopic (exact) mass is 542 g/mol. The van der Waals surface area contributed by atoms with Crippen molar-refractivity contribution >= 4 is 27.6 Å². The van der Waals surface area contributed by atoms with Crippen molar-refractivity contribution in [3.05, 3.63) is 77.9 Å². The summed E-state index contributed by atoms with van der Waals surface area (Å²) in [5.41, 5.74) is -0.797. The summed E-state index contributed by atoms with van der Waals surface area (Å²) in [6.07, 6.45) is -1.19. The highest BCUT2D eigenvalue weighted by molar-refractivity contribution is 7.92. The van der Waals surface area contributed by atoms with Crippen LogP contribution in [0.25, 0.3) is 11.1 Å². The number of carbonyl (C=O) groups is 2. The van der Waals surface area contributed by atoms with Gasteiger partial charge in [0.25, 0.3) is 10.0 Å². The van der Waals surface area contributed by atoms with Crippen molar-refractivity contribution in [1.29, 1.82) is 0 Å². The van der Waals surface area contributed by atoms with E-state index in [1.807, 2.05) is 0 Å². The van der Waals surface area contributed by atoms with E-state index in [0.29, 0.717) is 5.56 Å². The van der Waals surface area contributed by atoms with Crippen molar-refractivity contribution in [2.75, 3.05) is 17.4 Å². The van der Waals surface area contributed by atoms with Crippen LogP contribution in [0.2, 0.25) is 0 Å². The van der Waals surface area contributed by atoms with Gasteiger partial charge in [0.1, 0.15) is 23.5 Å². The van der Waals surface area contributed by atoms with Crippen LogP contribution in [0.4, 0.5) is 14.5 Å². The molecule has 0 saturated carbocycles. The number of amides is 1. The number of sulfonamides is 1. The van der Waals surface area contributed by atoms with Gasteiger partial charge < -0.3 is 15.2 Å². The van der Waals surface area contributed by atoms with Crippen LogP contribution < -0.4 is 14.4 Å². The Labute approximate surface area is 217 Å². The molecule has 5 rings (SSSR count). The molecule has 1 amide bonds. The lowest BCUT2D eigenvalue weighted by Crippen LogP contribution is -2.49. The van der Waals surface area contributed by atoms with E-state index in [1.165, 1.54) is 30.3 Å². The van der Waals surface area contributed by atoms with Crippen LogP contribution in [-0.4, -0.2) is 44.6 Å². The zero-order valence-corrected chi connectivity index (χ0v) is 21.1. The second-order valence-corrected chi connectivity index (χ2v) is 11.4. The molecule has 2 N–H and O–H groups in total. The molecule has 198 valence electrons. The van der Waals surface area contributed by atoms with E-state index in [-0.39, 0.29) is 53.4 Å². The molecule has 2 aliphatic heterocycles. The SMILES string of the molecule is Cc1cccc(S(=O)(=O)N2C[C@H](C[C@@]3(C(=O)O)CCNC3=O)Oc3ccc(-c4cc(F)ccc4F)cc32)c1. The molecule has 3 aromatic rings. The number of ether oxygens (including phenoxy) is 1. The molecule has 0 aliphatic carbocycles. The van der Waals surface area contributed by atoms with E-state index in [1.54, 1.807) is 19.1 Å². The van der Waals surface area contributed by atoms with Gasteiger partial charge >= 0.3 is 5.97 Å². The van der Waals surface area contributed by atoms with Crippen LogP contribution >= 0.6 is 0 Å². The predicted molar refractivity (Wildman–Crippen MR) is 134 cm³/mol. The lowest BCUT2D eigenvalue weighted by Gasteiger charge is -2.38. The number of rotatable bonds is 6.